The number of aliphatic carboxylic acids is 1. The number of nitrogens with one attached hydrogen (secondary N) is 3. The second-order valence-electron chi connectivity index (χ2n) is 8.58. The van der Waals surface area contributed by atoms with E-state index in [1.165, 1.54) is 6.92 Å². The molecule has 0 aliphatic rings. The van der Waals surface area contributed by atoms with Gasteiger partial charge >= 0.3 is 5.97 Å². The van der Waals surface area contributed by atoms with Crippen molar-refractivity contribution in [3.05, 3.63) is 0 Å². The molecule has 0 aliphatic carbocycles. The zero-order valence-electron chi connectivity index (χ0n) is 19.6. The summed E-state index contributed by atoms with van der Waals surface area (Å²) in [5, 5.41) is 26.7. The number of aliphatic hydroxyl groups is 1. The Balaban J connectivity index is 5.54. The summed E-state index contributed by atoms with van der Waals surface area (Å²) in [6.45, 7) is 12.0. The van der Waals surface area contributed by atoms with E-state index in [0.29, 0.717) is 12.8 Å². The molecule has 0 aromatic carbocycles. The fourth-order valence-electron chi connectivity index (χ4n) is 2.87. The lowest BCUT2D eigenvalue weighted by Gasteiger charge is -2.30. The van der Waals surface area contributed by atoms with E-state index < -0.39 is 54.0 Å². The molecule has 10 nitrogen and oxygen atoms in total. The summed E-state index contributed by atoms with van der Waals surface area (Å²) < 4.78 is 0. The van der Waals surface area contributed by atoms with Crippen LogP contribution < -0.4 is 21.7 Å². The first-order chi connectivity index (χ1) is 14.3. The molecule has 0 fully saturated rings. The highest BCUT2D eigenvalue weighted by atomic mass is 16.4. The molecule has 31 heavy (non-hydrogen) atoms. The highest BCUT2D eigenvalue weighted by molar-refractivity contribution is 5.94. The van der Waals surface area contributed by atoms with Crippen molar-refractivity contribution in [1.82, 2.24) is 16.0 Å². The first-order valence-electron chi connectivity index (χ1n) is 10.9. The fraction of sp³-hybridized carbons (Fsp3) is 0.810. The molecule has 0 aromatic rings. The molecule has 0 radical (unpaired) electrons. The molecule has 10 heteroatoms. The van der Waals surface area contributed by atoms with Crippen LogP contribution in [-0.2, 0) is 19.2 Å². The van der Waals surface area contributed by atoms with E-state index in [2.05, 4.69) is 16.0 Å². The van der Waals surface area contributed by atoms with E-state index in [-0.39, 0.29) is 17.8 Å². The molecule has 180 valence electrons. The van der Waals surface area contributed by atoms with Crippen molar-refractivity contribution >= 4 is 23.7 Å². The van der Waals surface area contributed by atoms with Crippen LogP contribution >= 0.6 is 0 Å². The first kappa shape index (κ1) is 28.8. The maximum atomic E-state index is 13.0. The topological polar surface area (TPSA) is 171 Å². The molecule has 0 saturated heterocycles. The molecule has 0 aliphatic heterocycles. The molecule has 0 bridgehead atoms. The lowest BCUT2D eigenvalue weighted by Crippen LogP contribution is -2.60. The van der Waals surface area contributed by atoms with Gasteiger partial charge in [-0.25, -0.2) is 4.79 Å². The van der Waals surface area contributed by atoms with Crippen LogP contribution in [0.2, 0.25) is 0 Å². The lowest BCUT2D eigenvalue weighted by atomic mass is 9.95. The largest absolute Gasteiger partial charge is 0.480 e. The zero-order chi connectivity index (χ0) is 24.5. The molecule has 0 heterocycles. The second-order valence-corrected chi connectivity index (χ2v) is 8.58. The maximum absolute atomic E-state index is 13.0. The molecule has 0 spiro atoms. The van der Waals surface area contributed by atoms with Crippen molar-refractivity contribution in [1.29, 1.82) is 0 Å². The van der Waals surface area contributed by atoms with Crippen LogP contribution in [-0.4, -0.2) is 64.2 Å². The molecular weight excluding hydrogens is 404 g/mol. The predicted octanol–water partition coefficient (Wildman–Crippen LogP) is -0.0183. The van der Waals surface area contributed by atoms with E-state index in [1.54, 1.807) is 27.7 Å². The molecular formula is C21H40N4O6. The third-order valence-corrected chi connectivity index (χ3v) is 5.64. The fourth-order valence-corrected chi connectivity index (χ4v) is 2.87. The normalized spacial score (nSPS) is 18.1. The van der Waals surface area contributed by atoms with E-state index in [0.717, 1.165) is 0 Å². The smallest absolute Gasteiger partial charge is 0.326 e. The van der Waals surface area contributed by atoms with Crippen LogP contribution in [0.3, 0.4) is 0 Å². The van der Waals surface area contributed by atoms with Crippen LogP contribution in [0.1, 0.15) is 61.3 Å². The van der Waals surface area contributed by atoms with Gasteiger partial charge < -0.3 is 31.9 Å². The zero-order valence-corrected chi connectivity index (χ0v) is 19.6. The van der Waals surface area contributed by atoms with Gasteiger partial charge in [0, 0.05) is 0 Å². The summed E-state index contributed by atoms with van der Waals surface area (Å²) in [4.78, 5) is 49.6. The van der Waals surface area contributed by atoms with Crippen molar-refractivity contribution in [2.45, 2.75) is 91.6 Å². The number of carboxylic acid groups (broad SMARTS) is 1. The number of carbonyl (C=O) groups excluding carboxylic acids is 3. The van der Waals surface area contributed by atoms with E-state index in [1.807, 2.05) is 13.8 Å². The van der Waals surface area contributed by atoms with Crippen LogP contribution in [0.5, 0.6) is 0 Å². The Morgan fingerprint density at radius 2 is 1.13 bits per heavy atom. The lowest BCUT2D eigenvalue weighted by molar-refractivity contribution is -0.144. The van der Waals surface area contributed by atoms with Gasteiger partial charge in [0.1, 0.15) is 24.2 Å². The van der Waals surface area contributed by atoms with Gasteiger partial charge in [-0.1, -0.05) is 54.4 Å². The standard InChI is InChI=1S/C21H40N4O6/c1-8-11(5)16(24-18(27)14(22)13(7)26)20(29)23-15(10(3)4)19(28)25-17(21(30)31)12(6)9-2/h10-17,26H,8-9,22H2,1-7H3,(H,23,29)(H,24,27)(H,25,28)(H,30,31). The summed E-state index contributed by atoms with van der Waals surface area (Å²) in [5.74, 6) is -3.90. The number of hydrogen-bond acceptors (Lipinski definition) is 6. The number of carbonyl (C=O) groups is 4. The molecule has 0 saturated carbocycles. The molecule has 7 unspecified atom stereocenters. The summed E-state index contributed by atoms with van der Waals surface area (Å²) >= 11 is 0. The van der Waals surface area contributed by atoms with Crippen molar-refractivity contribution in [2.24, 2.45) is 23.5 Å². The minimum atomic E-state index is -1.20. The first-order valence-corrected chi connectivity index (χ1v) is 10.9. The molecule has 0 aromatic heterocycles. The van der Waals surface area contributed by atoms with Crippen molar-refractivity contribution in [3.8, 4) is 0 Å². The Morgan fingerprint density at radius 3 is 1.52 bits per heavy atom. The SMILES string of the molecule is CCC(C)C(NC(=O)C(NC(=O)C(NC(=O)C(N)C(C)O)C(C)CC)C(C)C)C(=O)O. The van der Waals surface area contributed by atoms with E-state index >= 15 is 0 Å². The van der Waals surface area contributed by atoms with Gasteiger partial charge in [0.05, 0.1) is 6.10 Å². The Morgan fingerprint density at radius 1 is 0.742 bits per heavy atom. The Bertz CT molecular complexity index is 625. The van der Waals surface area contributed by atoms with Crippen LogP contribution in [0, 0.1) is 17.8 Å². The Hall–Kier alpha value is -2.20. The average molecular weight is 445 g/mol. The number of carboxylic acids is 1. The van der Waals surface area contributed by atoms with Gasteiger partial charge in [-0.2, -0.15) is 0 Å². The van der Waals surface area contributed by atoms with Crippen LogP contribution in [0.25, 0.3) is 0 Å². The molecule has 3 amide bonds. The number of nitrogens with two attached hydrogens (primary N) is 1. The van der Waals surface area contributed by atoms with Gasteiger partial charge in [0.15, 0.2) is 0 Å². The predicted molar refractivity (Wildman–Crippen MR) is 117 cm³/mol. The highest BCUT2D eigenvalue weighted by Crippen LogP contribution is 2.12. The van der Waals surface area contributed by atoms with Crippen LogP contribution in [0.15, 0.2) is 0 Å². The van der Waals surface area contributed by atoms with Gasteiger partial charge in [-0.3, -0.25) is 14.4 Å². The summed E-state index contributed by atoms with van der Waals surface area (Å²) in [6, 6.07) is -4.24. The molecule has 7 N–H and O–H groups in total. The number of rotatable bonds is 13. The van der Waals surface area contributed by atoms with Gasteiger partial charge in [0.25, 0.3) is 0 Å². The number of aliphatic hydroxyl groups excluding tert-OH is 1. The summed E-state index contributed by atoms with van der Waals surface area (Å²) in [7, 11) is 0. The van der Waals surface area contributed by atoms with E-state index in [9.17, 15) is 29.4 Å². The van der Waals surface area contributed by atoms with Crippen LogP contribution in [0.4, 0.5) is 0 Å². The Labute approximate surface area is 184 Å². The van der Waals surface area contributed by atoms with Crippen molar-refractivity contribution in [3.63, 3.8) is 0 Å². The van der Waals surface area contributed by atoms with Gasteiger partial charge in [0.2, 0.25) is 17.7 Å². The Kier molecular flexibility index (Phi) is 12.3. The summed E-state index contributed by atoms with van der Waals surface area (Å²) in [5.41, 5.74) is 5.66. The monoisotopic (exact) mass is 444 g/mol. The van der Waals surface area contributed by atoms with Gasteiger partial charge in [-0.05, 0) is 24.7 Å². The third kappa shape index (κ3) is 8.82. The number of hydrogen-bond donors (Lipinski definition) is 6. The third-order valence-electron chi connectivity index (χ3n) is 5.64. The molecule has 0 rings (SSSR count). The second kappa shape index (κ2) is 13.3. The minimum Gasteiger partial charge on any atom is -0.480 e. The molecule has 7 atom stereocenters. The number of amides is 3. The van der Waals surface area contributed by atoms with Crippen molar-refractivity contribution in [2.75, 3.05) is 0 Å². The minimum absolute atomic E-state index is 0.270. The quantitative estimate of drug-likeness (QED) is 0.232. The summed E-state index contributed by atoms with van der Waals surface area (Å²) in [6.07, 6.45) is 0.0284. The maximum Gasteiger partial charge on any atom is 0.326 e. The average Bonchev–Trinajstić information content (AvgIpc) is 2.70. The van der Waals surface area contributed by atoms with Gasteiger partial charge in [-0.15, -0.1) is 0 Å². The highest BCUT2D eigenvalue weighted by Gasteiger charge is 2.35. The van der Waals surface area contributed by atoms with Crippen molar-refractivity contribution < 1.29 is 29.4 Å². The van der Waals surface area contributed by atoms with E-state index in [4.69, 9.17) is 5.73 Å².